The molecule has 0 unspecified atom stereocenters. The van der Waals surface area contributed by atoms with Crippen molar-refractivity contribution in [2.75, 3.05) is 0 Å². The van der Waals surface area contributed by atoms with E-state index in [-0.39, 0.29) is 5.41 Å². The van der Waals surface area contributed by atoms with Gasteiger partial charge in [-0.05, 0) is 29.5 Å². The van der Waals surface area contributed by atoms with Crippen LogP contribution in [-0.4, -0.2) is 0 Å². The van der Waals surface area contributed by atoms with Gasteiger partial charge < -0.3 is 0 Å². The van der Waals surface area contributed by atoms with Gasteiger partial charge in [0.05, 0.1) is 0 Å². The third kappa shape index (κ3) is 1.81. The van der Waals surface area contributed by atoms with Crippen LogP contribution in [0.3, 0.4) is 0 Å². The molecule has 1 aromatic rings. The molecule has 0 N–H and O–H groups in total. The fourth-order valence-corrected chi connectivity index (χ4v) is 1.59. The van der Waals surface area contributed by atoms with Crippen molar-refractivity contribution in [3.63, 3.8) is 0 Å². The zero-order valence-electron chi connectivity index (χ0n) is 8.11. The third-order valence-electron chi connectivity index (χ3n) is 2.08. The first-order chi connectivity index (χ1) is 5.43. The van der Waals surface area contributed by atoms with E-state index in [1.807, 2.05) is 12.1 Å². The van der Waals surface area contributed by atoms with Gasteiger partial charge in [0, 0.05) is 5.02 Å². The van der Waals surface area contributed by atoms with Gasteiger partial charge in [-0.25, -0.2) is 0 Å². The van der Waals surface area contributed by atoms with Crippen LogP contribution >= 0.6 is 11.6 Å². The SMILES string of the molecule is Cc1c(Cl)cccc1C(C)(C)C. The molecular weight excluding hydrogens is 168 g/mol. The molecule has 0 saturated carbocycles. The van der Waals surface area contributed by atoms with Crippen molar-refractivity contribution in [3.05, 3.63) is 34.3 Å². The molecule has 0 heterocycles. The summed E-state index contributed by atoms with van der Waals surface area (Å²) in [6.07, 6.45) is 0. The number of hydrogen-bond acceptors (Lipinski definition) is 0. The lowest BCUT2D eigenvalue weighted by Gasteiger charge is -2.21. The normalized spacial score (nSPS) is 11.8. The van der Waals surface area contributed by atoms with Crippen LogP contribution in [0.1, 0.15) is 31.9 Å². The number of halogens is 1. The molecule has 0 saturated heterocycles. The van der Waals surface area contributed by atoms with E-state index >= 15 is 0 Å². The van der Waals surface area contributed by atoms with E-state index in [9.17, 15) is 0 Å². The van der Waals surface area contributed by atoms with Crippen LogP contribution < -0.4 is 0 Å². The zero-order chi connectivity index (χ0) is 9.35. The third-order valence-corrected chi connectivity index (χ3v) is 2.49. The summed E-state index contributed by atoms with van der Waals surface area (Å²) in [7, 11) is 0. The van der Waals surface area contributed by atoms with Crippen LogP contribution in [0.5, 0.6) is 0 Å². The lowest BCUT2D eigenvalue weighted by atomic mass is 9.84. The summed E-state index contributed by atoms with van der Waals surface area (Å²) in [5.74, 6) is 0. The number of rotatable bonds is 0. The maximum Gasteiger partial charge on any atom is 0.0438 e. The van der Waals surface area contributed by atoms with E-state index in [4.69, 9.17) is 11.6 Å². The van der Waals surface area contributed by atoms with E-state index in [1.54, 1.807) is 0 Å². The molecular formula is C11H15Cl. The monoisotopic (exact) mass is 182 g/mol. The zero-order valence-corrected chi connectivity index (χ0v) is 8.87. The second-order valence-corrected chi connectivity index (χ2v) is 4.57. The van der Waals surface area contributed by atoms with Crippen LogP contribution in [0.2, 0.25) is 5.02 Å². The summed E-state index contributed by atoms with van der Waals surface area (Å²) in [5, 5.41) is 0.863. The Morgan fingerprint density at radius 2 is 1.75 bits per heavy atom. The highest BCUT2D eigenvalue weighted by Crippen LogP contribution is 2.29. The van der Waals surface area contributed by atoms with Gasteiger partial charge in [0.1, 0.15) is 0 Å². The highest BCUT2D eigenvalue weighted by atomic mass is 35.5. The van der Waals surface area contributed by atoms with Gasteiger partial charge >= 0.3 is 0 Å². The Bertz CT molecular complexity index is 282. The van der Waals surface area contributed by atoms with Crippen molar-refractivity contribution in [3.8, 4) is 0 Å². The van der Waals surface area contributed by atoms with Crippen LogP contribution in [-0.2, 0) is 5.41 Å². The molecule has 1 aromatic carbocycles. The van der Waals surface area contributed by atoms with E-state index in [2.05, 4.69) is 33.8 Å². The molecule has 0 aliphatic heterocycles. The molecule has 0 fully saturated rings. The Kier molecular flexibility index (Phi) is 2.48. The summed E-state index contributed by atoms with van der Waals surface area (Å²) in [6.45, 7) is 8.67. The number of hydrogen-bond donors (Lipinski definition) is 0. The smallest absolute Gasteiger partial charge is 0.0438 e. The molecule has 1 heteroatoms. The molecule has 0 aromatic heterocycles. The first kappa shape index (κ1) is 9.60. The maximum absolute atomic E-state index is 6.02. The quantitative estimate of drug-likeness (QED) is 0.570. The summed E-state index contributed by atoms with van der Waals surface area (Å²) in [6, 6.07) is 6.09. The van der Waals surface area contributed by atoms with E-state index in [0.717, 1.165) is 5.02 Å². The molecule has 0 bridgehead atoms. The van der Waals surface area contributed by atoms with Gasteiger partial charge in [-0.15, -0.1) is 0 Å². The average molecular weight is 183 g/mol. The molecule has 0 nitrogen and oxygen atoms in total. The maximum atomic E-state index is 6.02. The largest absolute Gasteiger partial charge is 0.0840 e. The lowest BCUT2D eigenvalue weighted by Crippen LogP contribution is -2.12. The van der Waals surface area contributed by atoms with Crippen molar-refractivity contribution in [1.82, 2.24) is 0 Å². The topological polar surface area (TPSA) is 0 Å². The van der Waals surface area contributed by atoms with E-state index in [0.29, 0.717) is 0 Å². The molecule has 66 valence electrons. The predicted molar refractivity (Wildman–Crippen MR) is 54.9 cm³/mol. The Hall–Kier alpha value is -0.490. The fraction of sp³-hybridized carbons (Fsp3) is 0.455. The number of benzene rings is 1. The van der Waals surface area contributed by atoms with E-state index in [1.165, 1.54) is 11.1 Å². The minimum atomic E-state index is 0.189. The van der Waals surface area contributed by atoms with Crippen LogP contribution in [0.25, 0.3) is 0 Å². The molecule has 12 heavy (non-hydrogen) atoms. The molecule has 0 aliphatic carbocycles. The van der Waals surface area contributed by atoms with Gasteiger partial charge in [0.2, 0.25) is 0 Å². The van der Waals surface area contributed by atoms with Crippen LogP contribution in [0.4, 0.5) is 0 Å². The average Bonchev–Trinajstić information content (AvgIpc) is 1.92. The standard InChI is InChI=1S/C11H15Cl/c1-8-9(11(2,3)4)6-5-7-10(8)12/h5-7H,1-4H3. The van der Waals surface area contributed by atoms with Gasteiger partial charge in [0.15, 0.2) is 0 Å². The van der Waals surface area contributed by atoms with Crippen molar-refractivity contribution in [1.29, 1.82) is 0 Å². The summed E-state index contributed by atoms with van der Waals surface area (Å²) in [4.78, 5) is 0. The predicted octanol–water partition coefficient (Wildman–Crippen LogP) is 3.95. The Balaban J connectivity index is 3.26. The molecule has 0 atom stereocenters. The molecule has 1 rings (SSSR count). The minimum absolute atomic E-state index is 0.189. The minimum Gasteiger partial charge on any atom is -0.0840 e. The van der Waals surface area contributed by atoms with Crippen molar-refractivity contribution in [2.24, 2.45) is 0 Å². The Labute approximate surface area is 79.6 Å². The first-order valence-corrected chi connectivity index (χ1v) is 4.56. The van der Waals surface area contributed by atoms with E-state index < -0.39 is 0 Å². The summed E-state index contributed by atoms with van der Waals surface area (Å²) >= 11 is 6.02. The lowest BCUT2D eigenvalue weighted by molar-refractivity contribution is 0.586. The van der Waals surface area contributed by atoms with Gasteiger partial charge in [-0.2, -0.15) is 0 Å². The summed E-state index contributed by atoms with van der Waals surface area (Å²) < 4.78 is 0. The van der Waals surface area contributed by atoms with Gasteiger partial charge in [0.25, 0.3) is 0 Å². The van der Waals surface area contributed by atoms with Crippen molar-refractivity contribution in [2.45, 2.75) is 33.1 Å². The highest BCUT2D eigenvalue weighted by Gasteiger charge is 2.16. The molecule has 0 spiro atoms. The second-order valence-electron chi connectivity index (χ2n) is 4.16. The highest BCUT2D eigenvalue weighted by molar-refractivity contribution is 6.31. The van der Waals surface area contributed by atoms with Gasteiger partial charge in [-0.3, -0.25) is 0 Å². The Morgan fingerprint density at radius 1 is 1.17 bits per heavy atom. The summed E-state index contributed by atoms with van der Waals surface area (Å²) in [5.41, 5.74) is 2.72. The second kappa shape index (κ2) is 3.10. The molecule has 0 amide bonds. The van der Waals surface area contributed by atoms with Crippen LogP contribution in [0.15, 0.2) is 18.2 Å². The molecule has 0 radical (unpaired) electrons. The Morgan fingerprint density at radius 3 is 2.17 bits per heavy atom. The van der Waals surface area contributed by atoms with Crippen molar-refractivity contribution < 1.29 is 0 Å². The van der Waals surface area contributed by atoms with Crippen LogP contribution in [0, 0.1) is 6.92 Å². The van der Waals surface area contributed by atoms with Crippen molar-refractivity contribution >= 4 is 11.6 Å². The first-order valence-electron chi connectivity index (χ1n) is 4.18. The fourth-order valence-electron chi connectivity index (χ4n) is 1.42. The molecule has 0 aliphatic rings. The van der Waals surface area contributed by atoms with Gasteiger partial charge in [-0.1, -0.05) is 44.5 Å².